The number of hydrogen-bond acceptors (Lipinski definition) is 4. The van der Waals surface area contributed by atoms with Gasteiger partial charge in [0.05, 0.1) is 0 Å². The van der Waals surface area contributed by atoms with Crippen molar-refractivity contribution in [2.24, 2.45) is 5.41 Å². The van der Waals surface area contributed by atoms with Crippen molar-refractivity contribution in [2.75, 3.05) is 19.7 Å². The Morgan fingerprint density at radius 1 is 1.26 bits per heavy atom. The van der Waals surface area contributed by atoms with E-state index in [1.807, 2.05) is 20.8 Å². The number of amides is 1. The van der Waals surface area contributed by atoms with E-state index >= 15 is 0 Å². The van der Waals surface area contributed by atoms with E-state index in [-0.39, 0.29) is 24.2 Å². The normalized spacial score (nSPS) is 19.2. The molecule has 5 nitrogen and oxygen atoms in total. The van der Waals surface area contributed by atoms with Crippen molar-refractivity contribution in [3.63, 3.8) is 0 Å². The molecule has 1 aliphatic rings. The average molecular weight is 328 g/mol. The summed E-state index contributed by atoms with van der Waals surface area (Å²) in [5, 5.41) is 16.2. The number of ether oxygens (including phenoxy) is 1. The summed E-state index contributed by atoms with van der Waals surface area (Å²) in [6, 6.07) is 0.220. The van der Waals surface area contributed by atoms with Crippen molar-refractivity contribution in [1.82, 2.24) is 10.6 Å². The third-order valence-electron chi connectivity index (χ3n) is 4.54. The first kappa shape index (κ1) is 20.2. The molecule has 1 saturated carbocycles. The fourth-order valence-electron chi connectivity index (χ4n) is 3.20. The van der Waals surface area contributed by atoms with Crippen molar-refractivity contribution in [1.29, 1.82) is 0 Å². The molecule has 0 aromatic rings. The lowest BCUT2D eigenvalue weighted by Crippen LogP contribution is -2.47. The lowest BCUT2D eigenvalue weighted by molar-refractivity contribution is 0.0514. The molecule has 0 saturated heterocycles. The third-order valence-corrected chi connectivity index (χ3v) is 4.54. The summed E-state index contributed by atoms with van der Waals surface area (Å²) < 4.78 is 5.28. The van der Waals surface area contributed by atoms with E-state index in [2.05, 4.69) is 17.6 Å². The topological polar surface area (TPSA) is 70.6 Å². The molecule has 0 aromatic heterocycles. The van der Waals surface area contributed by atoms with E-state index in [0.29, 0.717) is 6.54 Å². The summed E-state index contributed by atoms with van der Waals surface area (Å²) >= 11 is 0. The van der Waals surface area contributed by atoms with Gasteiger partial charge in [0.1, 0.15) is 5.60 Å². The first-order valence-corrected chi connectivity index (χ1v) is 9.11. The van der Waals surface area contributed by atoms with Crippen LogP contribution in [0.1, 0.15) is 72.6 Å². The van der Waals surface area contributed by atoms with Gasteiger partial charge >= 0.3 is 6.09 Å². The minimum absolute atomic E-state index is 0.0240. The van der Waals surface area contributed by atoms with Crippen LogP contribution in [0.25, 0.3) is 0 Å². The molecule has 0 radical (unpaired) electrons. The van der Waals surface area contributed by atoms with Crippen LogP contribution in [0.3, 0.4) is 0 Å². The van der Waals surface area contributed by atoms with Crippen molar-refractivity contribution >= 4 is 6.09 Å². The Kier molecular flexibility index (Phi) is 8.34. The minimum atomic E-state index is -0.471. The molecule has 0 spiro atoms. The highest BCUT2D eigenvalue weighted by molar-refractivity contribution is 5.67. The van der Waals surface area contributed by atoms with Crippen LogP contribution in [-0.2, 0) is 4.74 Å². The number of rotatable bonds is 8. The molecule has 1 unspecified atom stereocenters. The Morgan fingerprint density at radius 3 is 2.43 bits per heavy atom. The molecule has 3 N–H and O–H groups in total. The molecule has 0 aromatic carbocycles. The maximum absolute atomic E-state index is 11.8. The summed E-state index contributed by atoms with van der Waals surface area (Å²) in [5.74, 6) is 0. The molecule has 0 bridgehead atoms. The Balaban J connectivity index is 2.43. The fourth-order valence-corrected chi connectivity index (χ4v) is 3.20. The summed E-state index contributed by atoms with van der Waals surface area (Å²) in [5.41, 5.74) is -0.447. The zero-order chi connectivity index (χ0) is 17.3. The molecular formula is C18H36N2O3. The van der Waals surface area contributed by atoms with Crippen molar-refractivity contribution in [3.8, 4) is 0 Å². The van der Waals surface area contributed by atoms with Gasteiger partial charge in [0.2, 0.25) is 0 Å². The second-order valence-corrected chi connectivity index (χ2v) is 7.97. The van der Waals surface area contributed by atoms with E-state index in [0.717, 1.165) is 32.2 Å². The van der Waals surface area contributed by atoms with Crippen LogP contribution in [0.15, 0.2) is 0 Å². The SMILES string of the molecule is CCCC(CNC(=O)OC(C)(C)C)NCC1(CO)CCCCC1. The molecule has 5 heteroatoms. The molecule has 0 heterocycles. The Hall–Kier alpha value is -0.810. The van der Waals surface area contributed by atoms with E-state index in [4.69, 9.17) is 4.74 Å². The van der Waals surface area contributed by atoms with Gasteiger partial charge in [-0.05, 0) is 40.0 Å². The van der Waals surface area contributed by atoms with Gasteiger partial charge in [-0.1, -0.05) is 32.6 Å². The number of alkyl carbamates (subject to hydrolysis) is 1. The highest BCUT2D eigenvalue weighted by Crippen LogP contribution is 2.35. The van der Waals surface area contributed by atoms with Gasteiger partial charge in [-0.2, -0.15) is 0 Å². The van der Waals surface area contributed by atoms with Crippen molar-refractivity contribution in [3.05, 3.63) is 0 Å². The van der Waals surface area contributed by atoms with Gasteiger partial charge in [0.25, 0.3) is 0 Å². The number of carbonyl (C=O) groups is 1. The summed E-state index contributed by atoms with van der Waals surface area (Å²) in [6.07, 6.45) is 7.56. The monoisotopic (exact) mass is 328 g/mol. The van der Waals surface area contributed by atoms with Gasteiger partial charge in [-0.3, -0.25) is 0 Å². The number of carbonyl (C=O) groups excluding carboxylic acids is 1. The number of aliphatic hydroxyl groups is 1. The van der Waals surface area contributed by atoms with E-state index in [1.165, 1.54) is 19.3 Å². The largest absolute Gasteiger partial charge is 0.444 e. The maximum Gasteiger partial charge on any atom is 0.407 e. The van der Waals surface area contributed by atoms with E-state index in [1.54, 1.807) is 0 Å². The summed E-state index contributed by atoms with van der Waals surface area (Å²) in [7, 11) is 0. The van der Waals surface area contributed by atoms with E-state index in [9.17, 15) is 9.90 Å². The number of hydrogen-bond donors (Lipinski definition) is 3. The fraction of sp³-hybridized carbons (Fsp3) is 0.944. The molecule has 1 amide bonds. The van der Waals surface area contributed by atoms with Gasteiger partial charge in [0.15, 0.2) is 0 Å². The van der Waals surface area contributed by atoms with Crippen LogP contribution < -0.4 is 10.6 Å². The van der Waals surface area contributed by atoms with E-state index < -0.39 is 5.60 Å². The molecule has 0 aliphatic heterocycles. The standard InChI is InChI=1S/C18H36N2O3/c1-5-9-15(12-19-16(22)23-17(2,3)4)20-13-18(14-21)10-7-6-8-11-18/h15,20-21H,5-14H2,1-4H3,(H,19,22). The second kappa shape index (κ2) is 9.48. The molecule has 1 aliphatic carbocycles. The molecule has 23 heavy (non-hydrogen) atoms. The molecule has 136 valence electrons. The maximum atomic E-state index is 11.8. The van der Waals surface area contributed by atoms with Crippen LogP contribution in [-0.4, -0.2) is 42.5 Å². The summed E-state index contributed by atoms with van der Waals surface area (Å²) in [4.78, 5) is 11.8. The lowest BCUT2D eigenvalue weighted by atomic mass is 9.74. The molecule has 1 atom stereocenters. The highest BCUT2D eigenvalue weighted by atomic mass is 16.6. The van der Waals surface area contributed by atoms with Gasteiger partial charge in [0, 0.05) is 31.2 Å². The average Bonchev–Trinajstić information content (AvgIpc) is 2.49. The first-order valence-electron chi connectivity index (χ1n) is 9.11. The van der Waals surface area contributed by atoms with Crippen LogP contribution >= 0.6 is 0 Å². The Labute approximate surface area is 141 Å². The molecule has 1 rings (SSSR count). The smallest absolute Gasteiger partial charge is 0.407 e. The summed E-state index contributed by atoms with van der Waals surface area (Å²) in [6.45, 7) is 9.37. The van der Waals surface area contributed by atoms with Crippen LogP contribution in [0.2, 0.25) is 0 Å². The zero-order valence-corrected chi connectivity index (χ0v) is 15.4. The highest BCUT2D eigenvalue weighted by Gasteiger charge is 2.31. The van der Waals surface area contributed by atoms with Crippen LogP contribution in [0, 0.1) is 5.41 Å². The first-order chi connectivity index (χ1) is 10.8. The van der Waals surface area contributed by atoms with Crippen LogP contribution in [0.4, 0.5) is 4.79 Å². The second-order valence-electron chi connectivity index (χ2n) is 7.97. The predicted octanol–water partition coefficient (Wildman–Crippen LogP) is 3.21. The van der Waals surface area contributed by atoms with Gasteiger partial charge in [-0.15, -0.1) is 0 Å². The predicted molar refractivity (Wildman–Crippen MR) is 93.5 cm³/mol. The Morgan fingerprint density at radius 2 is 1.91 bits per heavy atom. The van der Waals surface area contributed by atoms with Gasteiger partial charge < -0.3 is 20.5 Å². The third kappa shape index (κ3) is 8.02. The number of aliphatic hydroxyl groups excluding tert-OH is 1. The van der Waals surface area contributed by atoms with Crippen molar-refractivity contribution < 1.29 is 14.6 Å². The molecular weight excluding hydrogens is 292 g/mol. The quantitative estimate of drug-likeness (QED) is 0.640. The number of nitrogens with one attached hydrogen (secondary N) is 2. The van der Waals surface area contributed by atoms with Crippen LogP contribution in [0.5, 0.6) is 0 Å². The zero-order valence-electron chi connectivity index (χ0n) is 15.4. The van der Waals surface area contributed by atoms with Crippen molar-refractivity contribution in [2.45, 2.75) is 84.3 Å². The lowest BCUT2D eigenvalue weighted by Gasteiger charge is -2.37. The molecule has 1 fully saturated rings. The Bertz CT molecular complexity index is 347. The minimum Gasteiger partial charge on any atom is -0.444 e. The van der Waals surface area contributed by atoms with Gasteiger partial charge in [-0.25, -0.2) is 4.79 Å².